The van der Waals surface area contributed by atoms with E-state index in [0.717, 1.165) is 5.69 Å². The van der Waals surface area contributed by atoms with E-state index in [0.29, 0.717) is 5.56 Å². The van der Waals surface area contributed by atoms with Gasteiger partial charge in [-0.1, -0.05) is 13.8 Å². The molecule has 0 fully saturated rings. The molecule has 0 saturated heterocycles. The van der Waals surface area contributed by atoms with Crippen LogP contribution in [0.15, 0.2) is 6.20 Å². The van der Waals surface area contributed by atoms with Crippen LogP contribution < -0.4 is 5.32 Å². The highest BCUT2D eigenvalue weighted by Crippen LogP contribution is 2.25. The minimum atomic E-state index is -0.115. The predicted molar refractivity (Wildman–Crippen MR) is 73.9 cm³/mol. The maximum atomic E-state index is 12.2. The Labute approximate surface area is 110 Å². The maximum absolute atomic E-state index is 12.2. The molecular weight excluding hydrogens is 226 g/mol. The van der Waals surface area contributed by atoms with Crippen molar-refractivity contribution in [3.63, 3.8) is 0 Å². The van der Waals surface area contributed by atoms with Crippen molar-refractivity contribution in [2.24, 2.45) is 0 Å². The topological polar surface area (TPSA) is 46.9 Å². The van der Waals surface area contributed by atoms with E-state index in [1.807, 2.05) is 18.5 Å². The highest BCUT2D eigenvalue weighted by molar-refractivity contribution is 5.95. The first-order valence-electron chi connectivity index (χ1n) is 6.53. The normalized spacial score (nSPS) is 12.3. The largest absolute Gasteiger partial charge is 0.350 e. The molecule has 4 nitrogen and oxygen atoms in total. The SMILES string of the molecule is CC(C)NC(=O)c1cnn(C(C)(C)C)c1C(C)C. The second-order valence-electron chi connectivity index (χ2n) is 6.31. The van der Waals surface area contributed by atoms with Crippen molar-refractivity contribution >= 4 is 5.91 Å². The van der Waals surface area contributed by atoms with Gasteiger partial charge in [0.15, 0.2) is 0 Å². The molecule has 1 aromatic rings. The Balaban J connectivity index is 3.22. The van der Waals surface area contributed by atoms with Crippen LogP contribution in [0.1, 0.15) is 70.4 Å². The summed E-state index contributed by atoms with van der Waals surface area (Å²) in [6, 6.07) is 0.135. The average molecular weight is 251 g/mol. The van der Waals surface area contributed by atoms with Crippen molar-refractivity contribution in [1.29, 1.82) is 0 Å². The highest BCUT2D eigenvalue weighted by Gasteiger charge is 2.25. The second-order valence-corrected chi connectivity index (χ2v) is 6.31. The monoisotopic (exact) mass is 251 g/mol. The third-order valence-electron chi connectivity index (χ3n) is 2.65. The molecule has 0 bridgehead atoms. The number of nitrogens with zero attached hydrogens (tertiary/aromatic N) is 2. The van der Waals surface area contributed by atoms with Gasteiger partial charge < -0.3 is 5.32 Å². The maximum Gasteiger partial charge on any atom is 0.254 e. The molecule has 1 aromatic heterocycles. The van der Waals surface area contributed by atoms with Crippen molar-refractivity contribution in [2.75, 3.05) is 0 Å². The first-order chi connectivity index (χ1) is 8.14. The van der Waals surface area contributed by atoms with E-state index in [9.17, 15) is 4.79 Å². The molecule has 0 unspecified atom stereocenters. The Bertz CT molecular complexity index is 425. The smallest absolute Gasteiger partial charge is 0.254 e. The van der Waals surface area contributed by atoms with Gasteiger partial charge in [-0.15, -0.1) is 0 Å². The predicted octanol–water partition coefficient (Wildman–Crippen LogP) is 2.90. The number of nitrogens with one attached hydrogen (secondary N) is 1. The summed E-state index contributed by atoms with van der Waals surface area (Å²) in [5.41, 5.74) is 1.57. The fraction of sp³-hybridized carbons (Fsp3) is 0.714. The Morgan fingerprint density at radius 3 is 2.22 bits per heavy atom. The quantitative estimate of drug-likeness (QED) is 0.898. The summed E-state index contributed by atoms with van der Waals surface area (Å²) in [4.78, 5) is 12.2. The van der Waals surface area contributed by atoms with E-state index < -0.39 is 0 Å². The number of rotatable bonds is 3. The van der Waals surface area contributed by atoms with Gasteiger partial charge in [-0.3, -0.25) is 9.48 Å². The van der Waals surface area contributed by atoms with E-state index in [4.69, 9.17) is 0 Å². The number of aromatic nitrogens is 2. The van der Waals surface area contributed by atoms with Crippen molar-refractivity contribution in [2.45, 2.75) is 66.0 Å². The summed E-state index contributed by atoms with van der Waals surface area (Å²) in [6.07, 6.45) is 1.68. The van der Waals surface area contributed by atoms with Crippen LogP contribution in [0.4, 0.5) is 0 Å². The summed E-state index contributed by atoms with van der Waals surface area (Å²) < 4.78 is 1.95. The van der Waals surface area contributed by atoms with Crippen LogP contribution in [0.5, 0.6) is 0 Å². The zero-order valence-electron chi connectivity index (χ0n) is 12.5. The number of hydrogen-bond donors (Lipinski definition) is 1. The van der Waals surface area contributed by atoms with Gasteiger partial charge in [0, 0.05) is 6.04 Å². The highest BCUT2D eigenvalue weighted by atomic mass is 16.1. The van der Waals surface area contributed by atoms with E-state index in [2.05, 4.69) is 45.0 Å². The summed E-state index contributed by atoms with van der Waals surface area (Å²) in [7, 11) is 0. The van der Waals surface area contributed by atoms with Gasteiger partial charge in [-0.2, -0.15) is 5.10 Å². The third-order valence-corrected chi connectivity index (χ3v) is 2.65. The van der Waals surface area contributed by atoms with Crippen molar-refractivity contribution < 1.29 is 4.79 Å². The van der Waals surface area contributed by atoms with Gasteiger partial charge in [0.05, 0.1) is 23.0 Å². The van der Waals surface area contributed by atoms with Crippen LogP contribution >= 0.6 is 0 Å². The van der Waals surface area contributed by atoms with E-state index >= 15 is 0 Å². The minimum absolute atomic E-state index is 0.0378. The molecule has 0 spiro atoms. The molecule has 0 aromatic carbocycles. The molecule has 4 heteroatoms. The van der Waals surface area contributed by atoms with Gasteiger partial charge in [-0.05, 0) is 40.5 Å². The zero-order valence-corrected chi connectivity index (χ0v) is 12.5. The van der Waals surface area contributed by atoms with E-state index in [1.165, 1.54) is 0 Å². The van der Waals surface area contributed by atoms with Gasteiger partial charge >= 0.3 is 0 Å². The number of amides is 1. The van der Waals surface area contributed by atoms with E-state index in [1.54, 1.807) is 6.20 Å². The lowest BCUT2D eigenvalue weighted by Gasteiger charge is -2.24. The molecule has 0 saturated carbocycles. The standard InChI is InChI=1S/C14H25N3O/c1-9(2)12-11(13(18)16-10(3)4)8-15-17(12)14(5,6)7/h8-10H,1-7H3,(H,16,18). The molecule has 1 rings (SSSR count). The Kier molecular flexibility index (Phi) is 4.20. The molecule has 0 radical (unpaired) electrons. The average Bonchev–Trinajstić information content (AvgIpc) is 2.59. The Hall–Kier alpha value is -1.32. The summed E-state index contributed by atoms with van der Waals surface area (Å²) >= 11 is 0. The van der Waals surface area contributed by atoms with Crippen LogP contribution in [0.3, 0.4) is 0 Å². The first kappa shape index (κ1) is 14.7. The van der Waals surface area contributed by atoms with Crippen LogP contribution in [0, 0.1) is 0 Å². The fourth-order valence-corrected chi connectivity index (χ4v) is 1.96. The van der Waals surface area contributed by atoms with Crippen molar-refractivity contribution in [1.82, 2.24) is 15.1 Å². The Morgan fingerprint density at radius 2 is 1.83 bits per heavy atom. The van der Waals surface area contributed by atoms with Crippen LogP contribution in [0.2, 0.25) is 0 Å². The number of carbonyl (C=O) groups excluding carboxylic acids is 1. The molecule has 102 valence electrons. The van der Waals surface area contributed by atoms with Crippen molar-refractivity contribution in [3.05, 3.63) is 17.5 Å². The zero-order chi connectivity index (χ0) is 14.1. The van der Waals surface area contributed by atoms with Crippen LogP contribution in [-0.2, 0) is 5.54 Å². The van der Waals surface area contributed by atoms with Crippen LogP contribution in [-0.4, -0.2) is 21.7 Å². The number of hydrogen-bond acceptors (Lipinski definition) is 2. The Morgan fingerprint density at radius 1 is 1.28 bits per heavy atom. The lowest BCUT2D eigenvalue weighted by atomic mass is 10.0. The molecule has 1 amide bonds. The third kappa shape index (κ3) is 3.12. The molecule has 0 aliphatic rings. The van der Waals surface area contributed by atoms with E-state index in [-0.39, 0.29) is 23.4 Å². The lowest BCUT2D eigenvalue weighted by molar-refractivity contribution is 0.0941. The molecule has 1 heterocycles. The molecule has 0 atom stereocenters. The molecular formula is C14H25N3O. The van der Waals surface area contributed by atoms with Crippen molar-refractivity contribution in [3.8, 4) is 0 Å². The molecule has 1 N–H and O–H groups in total. The summed E-state index contributed by atoms with van der Waals surface area (Å²) in [6.45, 7) is 14.4. The van der Waals surface area contributed by atoms with Gasteiger partial charge in [0.1, 0.15) is 0 Å². The number of carbonyl (C=O) groups is 1. The summed E-state index contributed by atoms with van der Waals surface area (Å²) in [5, 5.41) is 7.32. The van der Waals surface area contributed by atoms with Gasteiger partial charge in [-0.25, -0.2) is 0 Å². The first-order valence-corrected chi connectivity index (χ1v) is 6.53. The molecule has 0 aliphatic carbocycles. The fourth-order valence-electron chi connectivity index (χ4n) is 1.96. The van der Waals surface area contributed by atoms with Gasteiger partial charge in [0.25, 0.3) is 5.91 Å². The van der Waals surface area contributed by atoms with Gasteiger partial charge in [0.2, 0.25) is 0 Å². The van der Waals surface area contributed by atoms with Crippen LogP contribution in [0.25, 0.3) is 0 Å². The lowest BCUT2D eigenvalue weighted by Crippen LogP contribution is -2.32. The summed E-state index contributed by atoms with van der Waals surface area (Å²) in [5.74, 6) is 0.226. The molecule has 0 aliphatic heterocycles. The minimum Gasteiger partial charge on any atom is -0.350 e. The second kappa shape index (κ2) is 5.12. The molecule has 18 heavy (non-hydrogen) atoms.